The van der Waals surface area contributed by atoms with Crippen molar-refractivity contribution in [2.75, 3.05) is 0 Å². The highest BCUT2D eigenvalue weighted by Crippen LogP contribution is 2.19. The van der Waals surface area contributed by atoms with E-state index < -0.39 is 0 Å². The summed E-state index contributed by atoms with van der Waals surface area (Å²) in [5, 5.41) is 3.50. The molecule has 0 saturated heterocycles. The maximum atomic E-state index is 5.73. The first-order valence-electron chi connectivity index (χ1n) is 6.35. The smallest absolute Gasteiger partial charge is 0.0813 e. The van der Waals surface area contributed by atoms with Gasteiger partial charge in [0.15, 0.2) is 0 Å². The van der Waals surface area contributed by atoms with Crippen LogP contribution in [0.2, 0.25) is 0 Å². The second-order valence-corrected chi connectivity index (χ2v) is 6.75. The maximum absolute atomic E-state index is 5.73. The van der Waals surface area contributed by atoms with Gasteiger partial charge in [-0.25, -0.2) is 0 Å². The van der Waals surface area contributed by atoms with Gasteiger partial charge in [0.2, 0.25) is 0 Å². The molecule has 2 nitrogen and oxygen atoms in total. The summed E-state index contributed by atoms with van der Waals surface area (Å²) >= 11 is 1.84. The van der Waals surface area contributed by atoms with E-state index in [2.05, 4.69) is 52.1 Å². The highest BCUT2D eigenvalue weighted by Gasteiger charge is 2.09. The fraction of sp³-hybridized carbons (Fsp3) is 0.714. The zero-order valence-corrected chi connectivity index (χ0v) is 12.5. The fourth-order valence-corrected chi connectivity index (χ4v) is 2.17. The Labute approximate surface area is 109 Å². The molecule has 1 aromatic rings. The third-order valence-electron chi connectivity index (χ3n) is 2.60. The fourth-order valence-electron chi connectivity index (χ4n) is 1.29. The summed E-state index contributed by atoms with van der Waals surface area (Å²) in [6.45, 7) is 12.5. The Bertz CT molecular complexity index is 327. The van der Waals surface area contributed by atoms with Crippen molar-refractivity contribution in [3.05, 3.63) is 21.9 Å². The molecule has 0 fully saturated rings. The van der Waals surface area contributed by atoms with Crippen LogP contribution < -0.4 is 5.32 Å². The molecular weight excluding hydrogens is 230 g/mol. The molecule has 1 rings (SSSR count). The van der Waals surface area contributed by atoms with Gasteiger partial charge in [0.1, 0.15) is 0 Å². The number of hydrogen-bond acceptors (Lipinski definition) is 3. The van der Waals surface area contributed by atoms with Crippen LogP contribution in [0.5, 0.6) is 0 Å². The number of hydrogen-bond donors (Lipinski definition) is 1. The van der Waals surface area contributed by atoms with E-state index in [-0.39, 0.29) is 5.54 Å². The van der Waals surface area contributed by atoms with E-state index >= 15 is 0 Å². The quantitative estimate of drug-likeness (QED) is 0.831. The molecule has 0 amide bonds. The van der Waals surface area contributed by atoms with Crippen LogP contribution in [0.25, 0.3) is 0 Å². The lowest BCUT2D eigenvalue weighted by molar-refractivity contribution is 0.0525. The highest BCUT2D eigenvalue weighted by atomic mass is 32.1. The van der Waals surface area contributed by atoms with Gasteiger partial charge in [-0.2, -0.15) is 0 Å². The molecule has 0 aromatic carbocycles. The SMILES string of the molecule is CCC(C)OCc1ccc(CNC(C)(C)C)s1. The summed E-state index contributed by atoms with van der Waals surface area (Å²) in [5.41, 5.74) is 0.178. The zero-order chi connectivity index (χ0) is 12.9. The standard InChI is InChI=1S/C14H25NOS/c1-6-11(2)16-10-13-8-7-12(17-13)9-15-14(3,4)5/h7-8,11,15H,6,9-10H2,1-5H3. The molecule has 17 heavy (non-hydrogen) atoms. The molecular formula is C14H25NOS. The van der Waals surface area contributed by atoms with Gasteiger partial charge >= 0.3 is 0 Å². The Hall–Kier alpha value is -0.380. The van der Waals surface area contributed by atoms with Gasteiger partial charge < -0.3 is 10.1 Å². The predicted octanol–water partition coefficient (Wildman–Crippen LogP) is 3.95. The molecule has 1 aromatic heterocycles. The van der Waals surface area contributed by atoms with Crippen LogP contribution >= 0.6 is 11.3 Å². The van der Waals surface area contributed by atoms with E-state index in [1.54, 1.807) is 0 Å². The summed E-state index contributed by atoms with van der Waals surface area (Å²) in [7, 11) is 0. The van der Waals surface area contributed by atoms with E-state index in [1.807, 2.05) is 11.3 Å². The van der Waals surface area contributed by atoms with Crippen LogP contribution in [-0.2, 0) is 17.9 Å². The molecule has 1 atom stereocenters. The lowest BCUT2D eigenvalue weighted by Crippen LogP contribution is -2.34. The molecule has 0 saturated carbocycles. The Balaban J connectivity index is 2.37. The van der Waals surface area contributed by atoms with Gasteiger partial charge in [0, 0.05) is 21.8 Å². The largest absolute Gasteiger partial charge is 0.373 e. The van der Waals surface area contributed by atoms with Gasteiger partial charge in [0.05, 0.1) is 12.7 Å². The van der Waals surface area contributed by atoms with Crippen molar-refractivity contribution in [1.82, 2.24) is 5.32 Å². The summed E-state index contributed by atoms with van der Waals surface area (Å²) in [6, 6.07) is 4.37. The minimum atomic E-state index is 0.178. The van der Waals surface area contributed by atoms with Gasteiger partial charge in [-0.15, -0.1) is 11.3 Å². The van der Waals surface area contributed by atoms with Crippen molar-refractivity contribution < 1.29 is 4.74 Å². The molecule has 0 aliphatic carbocycles. The highest BCUT2D eigenvalue weighted by molar-refractivity contribution is 7.11. The predicted molar refractivity (Wildman–Crippen MR) is 75.5 cm³/mol. The van der Waals surface area contributed by atoms with Crippen molar-refractivity contribution in [3.8, 4) is 0 Å². The molecule has 1 N–H and O–H groups in total. The van der Waals surface area contributed by atoms with Crippen LogP contribution in [0, 0.1) is 0 Å². The first-order valence-corrected chi connectivity index (χ1v) is 7.16. The Kier molecular flexibility index (Phi) is 5.63. The number of thiophene rings is 1. The van der Waals surface area contributed by atoms with E-state index in [0.717, 1.165) is 19.6 Å². The van der Waals surface area contributed by atoms with Crippen LogP contribution in [0.4, 0.5) is 0 Å². The number of rotatable bonds is 6. The van der Waals surface area contributed by atoms with Gasteiger partial charge in [-0.3, -0.25) is 0 Å². The third-order valence-corrected chi connectivity index (χ3v) is 3.65. The Morgan fingerprint density at radius 2 is 1.94 bits per heavy atom. The summed E-state index contributed by atoms with van der Waals surface area (Å²) in [6.07, 6.45) is 1.43. The van der Waals surface area contributed by atoms with Crippen LogP contribution in [0.1, 0.15) is 50.8 Å². The average Bonchev–Trinajstić information content (AvgIpc) is 2.70. The minimum Gasteiger partial charge on any atom is -0.373 e. The summed E-state index contributed by atoms with van der Waals surface area (Å²) in [4.78, 5) is 2.69. The summed E-state index contributed by atoms with van der Waals surface area (Å²) < 4.78 is 5.73. The first-order chi connectivity index (χ1) is 7.90. The van der Waals surface area contributed by atoms with Crippen molar-refractivity contribution in [1.29, 1.82) is 0 Å². The molecule has 1 unspecified atom stereocenters. The number of nitrogens with one attached hydrogen (secondary N) is 1. The minimum absolute atomic E-state index is 0.178. The van der Waals surface area contributed by atoms with Crippen LogP contribution in [-0.4, -0.2) is 11.6 Å². The second-order valence-electron chi connectivity index (χ2n) is 5.50. The monoisotopic (exact) mass is 255 g/mol. The van der Waals surface area contributed by atoms with Crippen LogP contribution in [0.15, 0.2) is 12.1 Å². The third kappa shape index (κ3) is 6.20. The number of ether oxygens (including phenoxy) is 1. The molecule has 0 aliphatic heterocycles. The van der Waals surface area contributed by atoms with Crippen molar-refractivity contribution in [3.63, 3.8) is 0 Å². The maximum Gasteiger partial charge on any atom is 0.0813 e. The first kappa shape index (κ1) is 14.7. The van der Waals surface area contributed by atoms with Gasteiger partial charge in [0.25, 0.3) is 0 Å². The molecule has 0 radical (unpaired) electrons. The summed E-state index contributed by atoms with van der Waals surface area (Å²) in [5.74, 6) is 0. The van der Waals surface area contributed by atoms with Crippen LogP contribution in [0.3, 0.4) is 0 Å². The second kappa shape index (κ2) is 6.53. The average molecular weight is 255 g/mol. The topological polar surface area (TPSA) is 21.3 Å². The lowest BCUT2D eigenvalue weighted by atomic mass is 10.1. The molecule has 0 aliphatic rings. The van der Waals surface area contributed by atoms with E-state index in [4.69, 9.17) is 4.74 Å². The van der Waals surface area contributed by atoms with E-state index in [1.165, 1.54) is 9.75 Å². The Morgan fingerprint density at radius 3 is 2.53 bits per heavy atom. The van der Waals surface area contributed by atoms with Crippen molar-refractivity contribution >= 4 is 11.3 Å². The molecule has 0 bridgehead atoms. The van der Waals surface area contributed by atoms with Gasteiger partial charge in [-0.05, 0) is 46.2 Å². The molecule has 0 spiro atoms. The van der Waals surface area contributed by atoms with E-state index in [9.17, 15) is 0 Å². The van der Waals surface area contributed by atoms with E-state index in [0.29, 0.717) is 6.10 Å². The molecule has 3 heteroatoms. The molecule has 98 valence electrons. The lowest BCUT2D eigenvalue weighted by Gasteiger charge is -2.19. The van der Waals surface area contributed by atoms with Crippen molar-refractivity contribution in [2.45, 2.75) is 65.8 Å². The normalized spacial score (nSPS) is 13.9. The zero-order valence-electron chi connectivity index (χ0n) is 11.7. The Morgan fingerprint density at radius 1 is 1.29 bits per heavy atom. The molecule has 1 heterocycles. The van der Waals surface area contributed by atoms with Crippen molar-refractivity contribution in [2.24, 2.45) is 0 Å². The van der Waals surface area contributed by atoms with Gasteiger partial charge in [-0.1, -0.05) is 6.92 Å².